The molecule has 6 nitrogen and oxygen atoms in total. The van der Waals surface area contributed by atoms with Crippen LogP contribution in [0.2, 0.25) is 18.1 Å². The molecule has 2 aromatic rings. The van der Waals surface area contributed by atoms with Crippen LogP contribution in [0.25, 0.3) is 0 Å². The Morgan fingerprint density at radius 1 is 1.03 bits per heavy atom. The van der Waals surface area contributed by atoms with Gasteiger partial charge in [0.15, 0.2) is 8.32 Å². The van der Waals surface area contributed by atoms with Crippen molar-refractivity contribution in [3.63, 3.8) is 0 Å². The largest absolute Gasteiger partial charge is 0.417 e. The Kier molecular flexibility index (Phi) is 10.7. The Hall–Kier alpha value is -1.81. The summed E-state index contributed by atoms with van der Waals surface area (Å²) in [5, 5.41) is 11.3. The topological polar surface area (TPSA) is 82.1 Å². The summed E-state index contributed by atoms with van der Waals surface area (Å²) in [6, 6.07) is 16.1. The Labute approximate surface area is 218 Å². The molecular formula is C28H42O6SSi. The predicted octanol–water partition coefficient (Wildman–Crippen LogP) is 6.00. The third-order valence-electron chi connectivity index (χ3n) is 6.96. The van der Waals surface area contributed by atoms with Gasteiger partial charge >= 0.3 is 0 Å². The molecule has 0 aliphatic carbocycles. The lowest BCUT2D eigenvalue weighted by atomic mass is 9.90. The van der Waals surface area contributed by atoms with Crippen LogP contribution in [0, 0.1) is 6.92 Å². The number of ether oxygens (including phenoxy) is 1. The summed E-state index contributed by atoms with van der Waals surface area (Å²) in [5.74, 6) is 0. The maximum atomic E-state index is 12.7. The van der Waals surface area contributed by atoms with Gasteiger partial charge in [-0.15, -0.1) is 6.58 Å². The molecule has 0 aliphatic heterocycles. The Bertz CT molecular complexity index is 1060. The maximum Gasteiger partial charge on any atom is 0.296 e. The van der Waals surface area contributed by atoms with Crippen molar-refractivity contribution in [3.8, 4) is 0 Å². The van der Waals surface area contributed by atoms with E-state index in [0.717, 1.165) is 11.1 Å². The van der Waals surface area contributed by atoms with Crippen LogP contribution in [0.4, 0.5) is 0 Å². The van der Waals surface area contributed by atoms with E-state index in [1.807, 2.05) is 37.3 Å². The van der Waals surface area contributed by atoms with Crippen LogP contribution < -0.4 is 0 Å². The van der Waals surface area contributed by atoms with E-state index in [2.05, 4.69) is 40.4 Å². The summed E-state index contributed by atoms with van der Waals surface area (Å²) in [5.41, 5.74) is 0.675. The van der Waals surface area contributed by atoms with Crippen LogP contribution in [0.3, 0.4) is 0 Å². The predicted molar refractivity (Wildman–Crippen MR) is 147 cm³/mol. The van der Waals surface area contributed by atoms with Gasteiger partial charge in [-0.2, -0.15) is 8.42 Å². The third-order valence-corrected chi connectivity index (χ3v) is 12.8. The number of hydrogen-bond donors (Lipinski definition) is 1. The minimum absolute atomic E-state index is 0.0511. The lowest BCUT2D eigenvalue weighted by Gasteiger charge is -2.38. The van der Waals surface area contributed by atoms with E-state index < -0.39 is 30.1 Å². The highest BCUT2D eigenvalue weighted by Crippen LogP contribution is 2.37. The van der Waals surface area contributed by atoms with Crippen LogP contribution in [0.5, 0.6) is 0 Å². The second-order valence-electron chi connectivity index (χ2n) is 10.7. The molecule has 0 spiro atoms. The van der Waals surface area contributed by atoms with Gasteiger partial charge in [0.25, 0.3) is 10.1 Å². The van der Waals surface area contributed by atoms with Gasteiger partial charge < -0.3 is 14.3 Å². The summed E-state index contributed by atoms with van der Waals surface area (Å²) in [4.78, 5) is 0.0887. The molecule has 36 heavy (non-hydrogen) atoms. The van der Waals surface area contributed by atoms with E-state index in [4.69, 9.17) is 13.3 Å². The summed E-state index contributed by atoms with van der Waals surface area (Å²) in [7, 11) is -5.93. The average molecular weight is 535 g/mol. The fraction of sp³-hybridized carbons (Fsp3) is 0.500. The van der Waals surface area contributed by atoms with Crippen LogP contribution in [-0.4, -0.2) is 46.8 Å². The van der Waals surface area contributed by atoms with Gasteiger partial charge in [0.1, 0.15) is 5.60 Å². The first-order valence-electron chi connectivity index (χ1n) is 12.3. The molecule has 0 unspecified atom stereocenters. The monoisotopic (exact) mass is 534 g/mol. The first kappa shape index (κ1) is 30.4. The Morgan fingerprint density at radius 2 is 1.64 bits per heavy atom. The van der Waals surface area contributed by atoms with Crippen molar-refractivity contribution in [3.05, 3.63) is 78.4 Å². The van der Waals surface area contributed by atoms with Crippen molar-refractivity contribution in [2.24, 2.45) is 0 Å². The van der Waals surface area contributed by atoms with E-state index in [1.54, 1.807) is 18.2 Å². The molecular weight excluding hydrogens is 492 g/mol. The molecule has 8 heteroatoms. The fourth-order valence-corrected chi connectivity index (χ4v) is 5.36. The van der Waals surface area contributed by atoms with Crippen LogP contribution >= 0.6 is 0 Å². The number of hydrogen-bond acceptors (Lipinski definition) is 6. The van der Waals surface area contributed by atoms with Crippen molar-refractivity contribution in [1.29, 1.82) is 0 Å². The van der Waals surface area contributed by atoms with Gasteiger partial charge in [0.2, 0.25) is 0 Å². The molecule has 1 N–H and O–H groups in total. The summed E-state index contributed by atoms with van der Waals surface area (Å²) >= 11 is 0. The van der Waals surface area contributed by atoms with Crippen LogP contribution in [0.15, 0.2) is 72.1 Å². The molecule has 0 radical (unpaired) electrons. The first-order valence-corrected chi connectivity index (χ1v) is 16.6. The van der Waals surface area contributed by atoms with Crippen molar-refractivity contribution >= 4 is 18.4 Å². The Morgan fingerprint density at radius 3 is 2.19 bits per heavy atom. The number of rotatable bonds is 14. The molecule has 200 valence electrons. The Balaban J connectivity index is 2.14. The minimum atomic E-state index is -3.94. The zero-order chi connectivity index (χ0) is 27.0. The second-order valence-corrected chi connectivity index (χ2v) is 17.1. The second kappa shape index (κ2) is 12.6. The molecule has 0 saturated carbocycles. The molecule has 0 bridgehead atoms. The first-order chi connectivity index (χ1) is 16.7. The quantitative estimate of drug-likeness (QED) is 0.182. The summed E-state index contributed by atoms with van der Waals surface area (Å²) in [6.07, 6.45) is 1.01. The van der Waals surface area contributed by atoms with Gasteiger partial charge in [-0.05, 0) is 49.2 Å². The number of aliphatic hydroxyl groups is 1. The highest BCUT2D eigenvalue weighted by atomic mass is 32.2. The summed E-state index contributed by atoms with van der Waals surface area (Å²) in [6.45, 7) is 17.1. The lowest BCUT2D eigenvalue weighted by molar-refractivity contribution is -0.114. The lowest BCUT2D eigenvalue weighted by Crippen LogP contribution is -2.46. The highest BCUT2D eigenvalue weighted by Gasteiger charge is 2.39. The fourth-order valence-electron chi connectivity index (χ4n) is 3.39. The molecule has 0 fully saturated rings. The van der Waals surface area contributed by atoms with Gasteiger partial charge in [0, 0.05) is 13.0 Å². The van der Waals surface area contributed by atoms with E-state index in [9.17, 15) is 13.5 Å². The molecule has 2 rings (SSSR count). The molecule has 0 amide bonds. The maximum absolute atomic E-state index is 12.7. The molecule has 2 aromatic carbocycles. The molecule has 2 atom stereocenters. The zero-order valence-corrected chi connectivity index (χ0v) is 24.3. The van der Waals surface area contributed by atoms with E-state index in [1.165, 1.54) is 12.1 Å². The molecule has 0 saturated heterocycles. The van der Waals surface area contributed by atoms with Gasteiger partial charge in [-0.1, -0.05) is 74.9 Å². The van der Waals surface area contributed by atoms with E-state index in [0.29, 0.717) is 13.0 Å². The number of aryl methyl sites for hydroxylation is 1. The van der Waals surface area contributed by atoms with Crippen LogP contribution in [0.1, 0.15) is 44.7 Å². The van der Waals surface area contributed by atoms with Gasteiger partial charge in [-0.3, -0.25) is 4.18 Å². The van der Waals surface area contributed by atoms with E-state index >= 15 is 0 Å². The molecule has 0 heterocycles. The molecule has 0 aromatic heterocycles. The summed E-state index contributed by atoms with van der Waals surface area (Å²) < 4.78 is 43.2. The van der Waals surface area contributed by atoms with Crippen molar-refractivity contribution in [2.45, 2.75) is 81.9 Å². The smallest absolute Gasteiger partial charge is 0.296 e. The third kappa shape index (κ3) is 8.36. The number of benzene rings is 2. The standard InChI is InChI=1S/C28H42O6SSi/c1-8-28(32-22-24-12-10-9-11-13-24,26(29)18-20-34-36(6,7)27(3,4)5)19-21-33-35(30,31)25-16-14-23(2)15-17-25/h8-17,26,29H,1,18-22H2,2-7H3/t26-,28+/m1/s1. The minimum Gasteiger partial charge on any atom is -0.417 e. The average Bonchev–Trinajstić information content (AvgIpc) is 2.81. The zero-order valence-electron chi connectivity index (χ0n) is 22.5. The molecule has 0 aliphatic rings. The van der Waals surface area contributed by atoms with Gasteiger partial charge in [0.05, 0.1) is 24.2 Å². The highest BCUT2D eigenvalue weighted by molar-refractivity contribution is 7.86. The number of aliphatic hydroxyl groups excluding tert-OH is 1. The van der Waals surface area contributed by atoms with Gasteiger partial charge in [-0.25, -0.2) is 0 Å². The van der Waals surface area contributed by atoms with Crippen LogP contribution in [-0.2, 0) is 30.1 Å². The van der Waals surface area contributed by atoms with Crippen molar-refractivity contribution in [1.82, 2.24) is 0 Å². The van der Waals surface area contributed by atoms with Crippen molar-refractivity contribution < 1.29 is 26.9 Å². The normalized spacial score (nSPS) is 15.3. The SMILES string of the molecule is C=C[C@@](CCOS(=O)(=O)c1ccc(C)cc1)(OCc1ccccc1)[C@H](O)CCO[Si](C)(C)C(C)(C)C. The van der Waals surface area contributed by atoms with E-state index in [-0.39, 0.29) is 29.6 Å². The van der Waals surface area contributed by atoms with Crippen molar-refractivity contribution in [2.75, 3.05) is 13.2 Å².